The molecule has 0 aliphatic heterocycles. The van der Waals surface area contributed by atoms with Crippen molar-refractivity contribution in [3.05, 3.63) is 52.5 Å². The topological polar surface area (TPSA) is 55.2 Å². The van der Waals surface area contributed by atoms with Crippen LogP contribution in [-0.2, 0) is 15.8 Å². The molecule has 0 unspecified atom stereocenters. The highest BCUT2D eigenvalue weighted by Crippen LogP contribution is 2.38. The van der Waals surface area contributed by atoms with E-state index in [9.17, 15) is 8.42 Å². The number of nitrogens with zero attached hydrogens (tertiary/aromatic N) is 3. The van der Waals surface area contributed by atoms with Crippen LogP contribution in [0, 0.1) is 0 Å². The number of rotatable bonds is 9. The molecule has 0 spiro atoms. The van der Waals surface area contributed by atoms with Gasteiger partial charge in [-0.05, 0) is 55.2 Å². The van der Waals surface area contributed by atoms with E-state index in [0.717, 1.165) is 52.1 Å². The maximum atomic E-state index is 13.1. The Kier molecular flexibility index (Phi) is 7.65. The van der Waals surface area contributed by atoms with Crippen molar-refractivity contribution in [2.45, 2.75) is 67.3 Å². The van der Waals surface area contributed by atoms with Gasteiger partial charge in [0, 0.05) is 29.9 Å². The molecule has 1 heterocycles. The molecule has 0 atom stereocenters. The zero-order chi connectivity index (χ0) is 22.7. The summed E-state index contributed by atoms with van der Waals surface area (Å²) in [6.45, 7) is 2.59. The molecule has 32 heavy (non-hydrogen) atoms. The number of imidazole rings is 1. The van der Waals surface area contributed by atoms with Crippen molar-refractivity contribution < 1.29 is 8.42 Å². The third-order valence-electron chi connectivity index (χ3n) is 6.13. The number of unbranched alkanes of at least 4 members (excludes halogenated alkanes) is 1. The Balaban J connectivity index is 1.67. The molecular formula is C24H30BrN3O2S2. The fourth-order valence-electron chi connectivity index (χ4n) is 4.24. The number of thioether (sulfide) groups is 1. The van der Waals surface area contributed by atoms with Crippen LogP contribution in [0.1, 0.15) is 57.1 Å². The van der Waals surface area contributed by atoms with Crippen molar-refractivity contribution in [3.63, 3.8) is 0 Å². The van der Waals surface area contributed by atoms with Gasteiger partial charge in [0.05, 0.1) is 15.9 Å². The summed E-state index contributed by atoms with van der Waals surface area (Å²) < 4.78 is 31.0. The Morgan fingerprint density at radius 3 is 2.56 bits per heavy atom. The largest absolute Gasteiger partial charge is 0.316 e. The molecule has 5 nitrogen and oxygen atoms in total. The van der Waals surface area contributed by atoms with E-state index < -0.39 is 10.0 Å². The van der Waals surface area contributed by atoms with Crippen molar-refractivity contribution in [1.82, 2.24) is 13.9 Å². The second-order valence-electron chi connectivity index (χ2n) is 8.45. The Hall–Kier alpha value is -1.35. The van der Waals surface area contributed by atoms with Crippen LogP contribution < -0.4 is 0 Å². The molecule has 0 radical (unpaired) electrons. The van der Waals surface area contributed by atoms with Crippen LogP contribution >= 0.6 is 27.7 Å². The fourth-order valence-corrected chi connectivity index (χ4v) is 6.78. The van der Waals surface area contributed by atoms with Gasteiger partial charge in [-0.1, -0.05) is 66.0 Å². The van der Waals surface area contributed by atoms with Gasteiger partial charge in [0.1, 0.15) is 0 Å². The average Bonchev–Trinajstić information content (AvgIpc) is 3.43. The molecule has 0 amide bonds. The van der Waals surface area contributed by atoms with Gasteiger partial charge in [-0.2, -0.15) is 0 Å². The molecule has 1 fully saturated rings. The molecule has 4 rings (SSSR count). The van der Waals surface area contributed by atoms with E-state index in [4.69, 9.17) is 4.98 Å². The van der Waals surface area contributed by atoms with Crippen LogP contribution in [0.25, 0.3) is 11.0 Å². The van der Waals surface area contributed by atoms with Gasteiger partial charge in [0.15, 0.2) is 5.16 Å². The van der Waals surface area contributed by atoms with Gasteiger partial charge in [-0.25, -0.2) is 17.7 Å². The molecular weight excluding hydrogens is 506 g/mol. The summed E-state index contributed by atoms with van der Waals surface area (Å²) >= 11 is 5.22. The lowest BCUT2D eigenvalue weighted by Crippen LogP contribution is -2.27. The van der Waals surface area contributed by atoms with Crippen LogP contribution in [0.3, 0.4) is 0 Å². The highest BCUT2D eigenvalue weighted by Gasteiger charge is 2.25. The highest BCUT2D eigenvalue weighted by molar-refractivity contribution is 9.10. The molecule has 1 aromatic heterocycles. The summed E-state index contributed by atoms with van der Waals surface area (Å²) in [7, 11) is -1.85. The summed E-state index contributed by atoms with van der Waals surface area (Å²) in [5, 5.41) is 0.976. The average molecular weight is 537 g/mol. The van der Waals surface area contributed by atoms with Crippen LogP contribution in [0.5, 0.6) is 0 Å². The minimum atomic E-state index is -3.51. The first-order chi connectivity index (χ1) is 15.4. The SMILES string of the molecule is CCCCN(C)S(=O)(=O)c1ccc2c(c1)nc(SCc1ccc(Br)cc1)n2C1CCCC1. The van der Waals surface area contributed by atoms with Gasteiger partial charge >= 0.3 is 0 Å². The van der Waals surface area contributed by atoms with E-state index in [1.165, 1.54) is 22.7 Å². The number of fused-ring (bicyclic) bond motifs is 1. The van der Waals surface area contributed by atoms with Gasteiger partial charge in [-0.15, -0.1) is 0 Å². The third-order valence-corrected chi connectivity index (χ3v) is 9.54. The first kappa shape index (κ1) is 23.8. The first-order valence-corrected chi connectivity index (χ1v) is 14.5. The quantitative estimate of drug-likeness (QED) is 0.288. The number of halogens is 1. The zero-order valence-corrected chi connectivity index (χ0v) is 21.8. The zero-order valence-electron chi connectivity index (χ0n) is 18.6. The van der Waals surface area contributed by atoms with Crippen molar-refractivity contribution in [3.8, 4) is 0 Å². The Bertz CT molecular complexity index is 1170. The van der Waals surface area contributed by atoms with Crippen LogP contribution in [0.4, 0.5) is 0 Å². The van der Waals surface area contributed by atoms with Crippen molar-refractivity contribution >= 4 is 48.7 Å². The number of hydrogen-bond donors (Lipinski definition) is 0. The van der Waals surface area contributed by atoms with Crippen LogP contribution in [0.2, 0.25) is 0 Å². The molecule has 1 saturated carbocycles. The van der Waals surface area contributed by atoms with Gasteiger partial charge in [0.2, 0.25) is 10.0 Å². The van der Waals surface area contributed by atoms with E-state index in [0.29, 0.717) is 17.5 Å². The Morgan fingerprint density at radius 2 is 1.88 bits per heavy atom. The maximum Gasteiger partial charge on any atom is 0.242 e. The van der Waals surface area contributed by atoms with Gasteiger partial charge in [0.25, 0.3) is 0 Å². The minimum absolute atomic E-state index is 0.323. The van der Waals surface area contributed by atoms with E-state index in [1.54, 1.807) is 30.9 Å². The lowest BCUT2D eigenvalue weighted by Gasteiger charge is -2.18. The molecule has 3 aromatic rings. The van der Waals surface area contributed by atoms with Crippen molar-refractivity contribution in [2.75, 3.05) is 13.6 Å². The standard InChI is InChI=1S/C24H30BrN3O2S2/c1-3-4-15-27(2)32(29,30)21-13-14-23-22(16-21)26-24(28(23)20-7-5-6-8-20)31-17-18-9-11-19(25)12-10-18/h9-14,16,20H,3-8,15,17H2,1-2H3. The monoisotopic (exact) mass is 535 g/mol. The van der Waals surface area contributed by atoms with E-state index in [2.05, 4.69) is 51.7 Å². The number of benzene rings is 2. The Labute approximate surface area is 203 Å². The minimum Gasteiger partial charge on any atom is -0.316 e. The van der Waals surface area contributed by atoms with Gasteiger partial charge in [-0.3, -0.25) is 0 Å². The summed E-state index contributed by atoms with van der Waals surface area (Å²) in [4.78, 5) is 5.24. The second kappa shape index (κ2) is 10.3. The van der Waals surface area contributed by atoms with Gasteiger partial charge < -0.3 is 4.57 Å². The lowest BCUT2D eigenvalue weighted by molar-refractivity contribution is 0.459. The molecule has 8 heteroatoms. The Morgan fingerprint density at radius 1 is 1.16 bits per heavy atom. The summed E-state index contributed by atoms with van der Waals surface area (Å²) in [5.41, 5.74) is 3.04. The first-order valence-electron chi connectivity index (χ1n) is 11.3. The summed E-state index contributed by atoms with van der Waals surface area (Å²) in [6.07, 6.45) is 6.58. The molecule has 2 aromatic carbocycles. The summed E-state index contributed by atoms with van der Waals surface area (Å²) in [5.74, 6) is 0.828. The predicted molar refractivity (Wildman–Crippen MR) is 136 cm³/mol. The molecule has 0 N–H and O–H groups in total. The summed E-state index contributed by atoms with van der Waals surface area (Å²) in [6, 6.07) is 14.2. The van der Waals surface area contributed by atoms with Crippen LogP contribution in [0.15, 0.2) is 57.0 Å². The number of sulfonamides is 1. The number of aromatic nitrogens is 2. The normalized spacial score (nSPS) is 15.2. The highest BCUT2D eigenvalue weighted by atomic mass is 79.9. The number of hydrogen-bond acceptors (Lipinski definition) is 4. The molecule has 1 aliphatic rings. The molecule has 172 valence electrons. The maximum absolute atomic E-state index is 13.1. The van der Waals surface area contributed by atoms with E-state index in [1.807, 2.05) is 6.07 Å². The van der Waals surface area contributed by atoms with Crippen molar-refractivity contribution in [2.24, 2.45) is 0 Å². The predicted octanol–water partition coefficient (Wildman–Crippen LogP) is 6.63. The molecule has 0 saturated heterocycles. The third kappa shape index (κ3) is 5.08. The lowest BCUT2D eigenvalue weighted by atomic mass is 10.2. The molecule has 0 bridgehead atoms. The second-order valence-corrected chi connectivity index (χ2v) is 12.4. The molecule has 1 aliphatic carbocycles. The van der Waals surface area contributed by atoms with Crippen molar-refractivity contribution in [1.29, 1.82) is 0 Å². The van der Waals surface area contributed by atoms with Crippen LogP contribution in [-0.4, -0.2) is 35.9 Å². The fraction of sp³-hybridized carbons (Fsp3) is 0.458. The smallest absolute Gasteiger partial charge is 0.242 e. The van der Waals surface area contributed by atoms with E-state index >= 15 is 0 Å². The van der Waals surface area contributed by atoms with E-state index in [-0.39, 0.29) is 0 Å².